The summed E-state index contributed by atoms with van der Waals surface area (Å²) in [5.74, 6) is 0.583. The molecule has 5 heteroatoms. The van der Waals surface area contributed by atoms with Crippen LogP contribution in [0.3, 0.4) is 0 Å². The highest BCUT2D eigenvalue weighted by Gasteiger charge is 2.37. The number of nitrogens with zero attached hydrogens (tertiary/aromatic N) is 2. The first kappa shape index (κ1) is 8.69. The van der Waals surface area contributed by atoms with Gasteiger partial charge in [-0.2, -0.15) is 0 Å². The number of ether oxygens (including phenoxy) is 1. The van der Waals surface area contributed by atoms with Gasteiger partial charge in [0.05, 0.1) is 19.0 Å². The van der Waals surface area contributed by atoms with E-state index >= 15 is 0 Å². The first-order chi connectivity index (χ1) is 6.25. The Morgan fingerprint density at radius 1 is 1.54 bits per heavy atom. The second-order valence-electron chi connectivity index (χ2n) is 3.01. The highest BCUT2D eigenvalue weighted by Crippen LogP contribution is 2.33. The molecule has 0 radical (unpaired) electrons. The molecule has 0 N–H and O–H groups in total. The van der Waals surface area contributed by atoms with Crippen molar-refractivity contribution in [1.29, 1.82) is 0 Å². The number of hydrogen-bond acceptors (Lipinski definition) is 3. The molecule has 0 spiro atoms. The Kier molecular flexibility index (Phi) is 2.31. The van der Waals surface area contributed by atoms with Crippen molar-refractivity contribution in [3.05, 3.63) is 17.7 Å². The van der Waals surface area contributed by atoms with E-state index in [1.807, 2.05) is 0 Å². The second-order valence-corrected chi connectivity index (χ2v) is 3.35. The number of hydrogen-bond donors (Lipinski definition) is 0. The fourth-order valence-electron chi connectivity index (χ4n) is 0.961. The SMILES string of the molecule is FC1CC1COc1cnc(Cl)nc1. The predicted molar refractivity (Wildman–Crippen MR) is 45.5 cm³/mol. The third-order valence-corrected chi connectivity index (χ3v) is 2.09. The molecule has 3 nitrogen and oxygen atoms in total. The Labute approximate surface area is 79.9 Å². The lowest BCUT2D eigenvalue weighted by Crippen LogP contribution is -2.01. The van der Waals surface area contributed by atoms with Crippen LogP contribution in [0.4, 0.5) is 4.39 Å². The summed E-state index contributed by atoms with van der Waals surface area (Å²) in [6.07, 6.45) is 2.87. The van der Waals surface area contributed by atoms with Crippen molar-refractivity contribution < 1.29 is 9.13 Å². The van der Waals surface area contributed by atoms with E-state index in [2.05, 4.69) is 9.97 Å². The monoisotopic (exact) mass is 202 g/mol. The zero-order valence-corrected chi connectivity index (χ0v) is 7.54. The smallest absolute Gasteiger partial charge is 0.222 e. The Morgan fingerprint density at radius 3 is 2.69 bits per heavy atom. The van der Waals surface area contributed by atoms with Crippen molar-refractivity contribution >= 4 is 11.6 Å². The minimum atomic E-state index is -0.687. The van der Waals surface area contributed by atoms with Gasteiger partial charge in [0.25, 0.3) is 0 Å². The van der Waals surface area contributed by atoms with Crippen LogP contribution in [0.1, 0.15) is 6.42 Å². The standard InChI is InChI=1S/C8H8ClFN2O/c9-8-11-2-6(3-12-8)13-4-5-1-7(5)10/h2-3,5,7H,1,4H2. The van der Waals surface area contributed by atoms with Crippen molar-refractivity contribution in [1.82, 2.24) is 9.97 Å². The summed E-state index contributed by atoms with van der Waals surface area (Å²) >= 11 is 5.47. The number of halogens is 2. The molecule has 0 saturated heterocycles. The lowest BCUT2D eigenvalue weighted by atomic mass is 10.4. The van der Waals surface area contributed by atoms with Crippen molar-refractivity contribution in [2.75, 3.05) is 6.61 Å². The van der Waals surface area contributed by atoms with Crippen molar-refractivity contribution in [2.45, 2.75) is 12.6 Å². The van der Waals surface area contributed by atoms with Crippen LogP contribution in [-0.4, -0.2) is 22.7 Å². The largest absolute Gasteiger partial charge is 0.490 e. The lowest BCUT2D eigenvalue weighted by molar-refractivity contribution is 0.277. The molecule has 1 aliphatic carbocycles. The van der Waals surface area contributed by atoms with Crippen LogP contribution >= 0.6 is 11.6 Å². The summed E-state index contributed by atoms with van der Waals surface area (Å²) in [6.45, 7) is 0.395. The van der Waals surface area contributed by atoms with Crippen molar-refractivity contribution in [2.24, 2.45) is 5.92 Å². The molecule has 1 heterocycles. The number of aromatic nitrogens is 2. The molecule has 2 atom stereocenters. The fourth-order valence-corrected chi connectivity index (χ4v) is 1.06. The predicted octanol–water partition coefficient (Wildman–Crippen LogP) is 1.87. The Balaban J connectivity index is 1.84. The van der Waals surface area contributed by atoms with Crippen LogP contribution in [0.25, 0.3) is 0 Å². The molecule has 0 aromatic carbocycles. The van der Waals surface area contributed by atoms with Gasteiger partial charge >= 0.3 is 0 Å². The van der Waals surface area contributed by atoms with Gasteiger partial charge in [-0.3, -0.25) is 0 Å². The average Bonchev–Trinajstić information content (AvgIpc) is 2.81. The van der Waals surface area contributed by atoms with E-state index in [0.29, 0.717) is 18.8 Å². The first-order valence-electron chi connectivity index (χ1n) is 4.00. The molecule has 1 aromatic rings. The maximum Gasteiger partial charge on any atom is 0.222 e. The molecule has 1 aromatic heterocycles. The summed E-state index contributed by atoms with van der Waals surface area (Å²) in [5.41, 5.74) is 0. The van der Waals surface area contributed by atoms with Crippen LogP contribution < -0.4 is 4.74 Å². The van der Waals surface area contributed by atoms with E-state index in [-0.39, 0.29) is 11.2 Å². The summed E-state index contributed by atoms with van der Waals surface area (Å²) in [4.78, 5) is 7.46. The van der Waals surface area contributed by atoms with E-state index in [9.17, 15) is 4.39 Å². The van der Waals surface area contributed by atoms with E-state index in [4.69, 9.17) is 16.3 Å². The van der Waals surface area contributed by atoms with Crippen LogP contribution in [0.15, 0.2) is 12.4 Å². The lowest BCUT2D eigenvalue weighted by Gasteiger charge is -2.02. The summed E-state index contributed by atoms with van der Waals surface area (Å²) in [7, 11) is 0. The van der Waals surface area contributed by atoms with Gasteiger partial charge in [-0.15, -0.1) is 0 Å². The zero-order chi connectivity index (χ0) is 9.26. The Morgan fingerprint density at radius 2 is 2.15 bits per heavy atom. The Hall–Kier alpha value is -0.900. The summed E-state index contributed by atoms with van der Waals surface area (Å²) in [6, 6.07) is 0. The van der Waals surface area contributed by atoms with Gasteiger partial charge in [0.1, 0.15) is 6.17 Å². The van der Waals surface area contributed by atoms with E-state index < -0.39 is 6.17 Å². The van der Waals surface area contributed by atoms with Gasteiger partial charge in [-0.05, 0) is 18.0 Å². The fraction of sp³-hybridized carbons (Fsp3) is 0.500. The molecule has 0 bridgehead atoms. The zero-order valence-electron chi connectivity index (χ0n) is 6.78. The van der Waals surface area contributed by atoms with Gasteiger partial charge in [0.2, 0.25) is 5.28 Å². The number of alkyl halides is 1. The molecule has 1 saturated carbocycles. The molecular formula is C8H8ClFN2O. The number of rotatable bonds is 3. The average molecular weight is 203 g/mol. The molecule has 1 aliphatic rings. The summed E-state index contributed by atoms with van der Waals surface area (Å²) < 4.78 is 17.6. The highest BCUT2D eigenvalue weighted by atomic mass is 35.5. The molecule has 0 amide bonds. The van der Waals surface area contributed by atoms with Crippen LogP contribution in [0, 0.1) is 5.92 Å². The van der Waals surface area contributed by atoms with Gasteiger partial charge in [-0.25, -0.2) is 14.4 Å². The van der Waals surface area contributed by atoms with Gasteiger partial charge < -0.3 is 4.74 Å². The van der Waals surface area contributed by atoms with Crippen LogP contribution in [-0.2, 0) is 0 Å². The van der Waals surface area contributed by atoms with E-state index in [0.717, 1.165) is 0 Å². The topological polar surface area (TPSA) is 35.0 Å². The minimum absolute atomic E-state index is 0.0516. The van der Waals surface area contributed by atoms with Gasteiger partial charge in [0.15, 0.2) is 5.75 Å². The van der Waals surface area contributed by atoms with Gasteiger partial charge in [-0.1, -0.05) is 0 Å². The molecule has 2 unspecified atom stereocenters. The molecule has 13 heavy (non-hydrogen) atoms. The molecular weight excluding hydrogens is 195 g/mol. The van der Waals surface area contributed by atoms with Gasteiger partial charge in [0, 0.05) is 5.92 Å². The molecule has 70 valence electrons. The van der Waals surface area contributed by atoms with Crippen LogP contribution in [0.2, 0.25) is 5.28 Å². The minimum Gasteiger partial charge on any atom is -0.490 e. The van der Waals surface area contributed by atoms with Crippen molar-refractivity contribution in [3.63, 3.8) is 0 Å². The normalized spacial score (nSPS) is 25.7. The Bertz CT molecular complexity index is 293. The first-order valence-corrected chi connectivity index (χ1v) is 4.38. The third-order valence-electron chi connectivity index (χ3n) is 1.90. The second kappa shape index (κ2) is 3.46. The molecule has 0 aliphatic heterocycles. The third kappa shape index (κ3) is 2.28. The molecule has 1 fully saturated rings. The maximum absolute atomic E-state index is 12.4. The highest BCUT2D eigenvalue weighted by molar-refractivity contribution is 6.28. The van der Waals surface area contributed by atoms with E-state index in [1.165, 1.54) is 12.4 Å². The van der Waals surface area contributed by atoms with Crippen molar-refractivity contribution in [3.8, 4) is 5.75 Å². The van der Waals surface area contributed by atoms with Crippen LogP contribution in [0.5, 0.6) is 5.75 Å². The summed E-state index contributed by atoms with van der Waals surface area (Å²) in [5, 5.41) is 0.183. The van der Waals surface area contributed by atoms with E-state index in [1.54, 1.807) is 0 Å². The maximum atomic E-state index is 12.4. The molecule has 2 rings (SSSR count). The quantitative estimate of drug-likeness (QED) is 0.702.